The predicted molar refractivity (Wildman–Crippen MR) is 243 cm³/mol. The number of rotatable bonds is 5. The number of thiophene rings is 2. The van der Waals surface area contributed by atoms with E-state index in [1.54, 1.807) is 0 Å². The van der Waals surface area contributed by atoms with Crippen LogP contribution in [0.5, 0.6) is 0 Å². The SMILES string of the molecule is c1ccc(C2=NC(c3cccc4sc5cc(-c6cccc7c6sc6cccc(-n8c9ccccc9c9ccccc98)c67)ccc5c34)NC(c3ccccc3)N2)cc1. The van der Waals surface area contributed by atoms with Gasteiger partial charge in [0.1, 0.15) is 18.2 Å². The summed E-state index contributed by atoms with van der Waals surface area (Å²) in [6, 6.07) is 65.9. The largest absolute Gasteiger partial charge is 0.350 e. The molecule has 3 aromatic heterocycles. The Kier molecular flexibility index (Phi) is 7.45. The summed E-state index contributed by atoms with van der Waals surface area (Å²) >= 11 is 3.76. The fraction of sp³-hybridized carbons (Fsp3) is 0.0392. The number of amidine groups is 1. The highest BCUT2D eigenvalue weighted by Crippen LogP contribution is 2.46. The number of hydrogen-bond acceptors (Lipinski definition) is 5. The van der Waals surface area contributed by atoms with Gasteiger partial charge in [-0.2, -0.15) is 0 Å². The number of fused-ring (bicyclic) bond motifs is 9. The van der Waals surface area contributed by atoms with Crippen molar-refractivity contribution >= 4 is 90.7 Å². The monoisotopic (exact) mass is 766 g/mol. The maximum absolute atomic E-state index is 5.31. The van der Waals surface area contributed by atoms with Gasteiger partial charge >= 0.3 is 0 Å². The van der Waals surface area contributed by atoms with Gasteiger partial charge in [-0.05, 0) is 53.1 Å². The van der Waals surface area contributed by atoms with Crippen molar-refractivity contribution < 1.29 is 0 Å². The molecule has 0 saturated carbocycles. The van der Waals surface area contributed by atoms with Gasteiger partial charge in [-0.25, -0.2) is 4.99 Å². The highest BCUT2D eigenvalue weighted by Gasteiger charge is 2.27. The Morgan fingerprint density at radius 2 is 1.16 bits per heavy atom. The third-order valence-electron chi connectivity index (χ3n) is 11.5. The second-order valence-corrected chi connectivity index (χ2v) is 16.9. The van der Waals surface area contributed by atoms with E-state index in [1.165, 1.54) is 90.1 Å². The molecular weight excluding hydrogens is 733 g/mol. The minimum Gasteiger partial charge on any atom is -0.350 e. The Morgan fingerprint density at radius 1 is 0.491 bits per heavy atom. The molecule has 0 spiro atoms. The van der Waals surface area contributed by atoms with E-state index in [9.17, 15) is 0 Å². The van der Waals surface area contributed by atoms with Crippen molar-refractivity contribution in [3.8, 4) is 16.8 Å². The van der Waals surface area contributed by atoms with Gasteiger partial charge in [0.25, 0.3) is 0 Å². The summed E-state index contributed by atoms with van der Waals surface area (Å²) in [6.45, 7) is 0. The van der Waals surface area contributed by atoms with Gasteiger partial charge in [-0.1, -0.05) is 146 Å². The summed E-state index contributed by atoms with van der Waals surface area (Å²) in [6.07, 6.45) is -0.322. The van der Waals surface area contributed by atoms with Crippen LogP contribution in [0.1, 0.15) is 29.0 Å². The minimum absolute atomic E-state index is 0.0899. The standard InChI is InChI=1S/C51H34N4S2/c1-3-14-31(15-4-1)49-52-50(32-16-5-2-6-17-32)54-51(53-49)39-22-12-26-43-46(39)37-29-28-33(30-45(37)56-43)34-20-11-21-38-47-42(25-13-27-44(47)57-48(34)38)55-40-23-9-7-18-35(40)36-19-8-10-24-41(36)55/h1-30,49,51,53H,(H,52,54). The first-order valence-corrected chi connectivity index (χ1v) is 21.0. The van der Waals surface area contributed by atoms with Crippen LogP contribution >= 0.6 is 22.7 Å². The first kappa shape index (κ1) is 32.7. The maximum atomic E-state index is 5.31. The van der Waals surface area contributed by atoms with E-state index in [2.05, 4.69) is 197 Å². The highest BCUT2D eigenvalue weighted by atomic mass is 32.1. The van der Waals surface area contributed by atoms with Crippen LogP contribution in [0.3, 0.4) is 0 Å². The number of hydrogen-bond donors (Lipinski definition) is 2. The summed E-state index contributed by atoms with van der Waals surface area (Å²) in [5, 5.41) is 15.2. The van der Waals surface area contributed by atoms with Crippen molar-refractivity contribution in [2.45, 2.75) is 12.3 Å². The van der Waals surface area contributed by atoms with Crippen LogP contribution in [0, 0.1) is 0 Å². The normalized spacial score (nSPS) is 15.9. The van der Waals surface area contributed by atoms with Crippen molar-refractivity contribution in [3.05, 3.63) is 199 Å². The zero-order chi connectivity index (χ0) is 37.5. The molecule has 8 aromatic carbocycles. The van der Waals surface area contributed by atoms with E-state index >= 15 is 0 Å². The molecule has 57 heavy (non-hydrogen) atoms. The molecular formula is C51H34N4S2. The third-order valence-corrected chi connectivity index (χ3v) is 13.8. The first-order valence-electron chi connectivity index (χ1n) is 19.4. The summed E-state index contributed by atoms with van der Waals surface area (Å²) in [4.78, 5) is 5.31. The van der Waals surface area contributed by atoms with Crippen LogP contribution in [0.15, 0.2) is 187 Å². The second-order valence-electron chi connectivity index (χ2n) is 14.7. The maximum Gasteiger partial charge on any atom is 0.131 e. The topological polar surface area (TPSA) is 41.4 Å². The Balaban J connectivity index is 0.996. The minimum atomic E-state index is -0.233. The molecule has 1 aliphatic rings. The molecule has 2 N–H and O–H groups in total. The first-order chi connectivity index (χ1) is 28.3. The molecule has 270 valence electrons. The number of aliphatic imine (C=N–C) groups is 1. The molecule has 0 saturated heterocycles. The molecule has 4 nitrogen and oxygen atoms in total. The van der Waals surface area contributed by atoms with Gasteiger partial charge in [0, 0.05) is 62.2 Å². The predicted octanol–water partition coefficient (Wildman–Crippen LogP) is 13.5. The molecule has 11 aromatic rings. The van der Waals surface area contributed by atoms with E-state index in [0.29, 0.717) is 0 Å². The van der Waals surface area contributed by atoms with Crippen molar-refractivity contribution in [2.75, 3.05) is 0 Å². The number of aromatic nitrogens is 1. The Labute approximate surface area is 337 Å². The lowest BCUT2D eigenvalue weighted by Gasteiger charge is -2.32. The Hall–Kier alpha value is -6.57. The van der Waals surface area contributed by atoms with Crippen LogP contribution in [-0.2, 0) is 0 Å². The van der Waals surface area contributed by atoms with E-state index in [0.717, 1.165) is 11.4 Å². The van der Waals surface area contributed by atoms with Gasteiger partial charge in [-0.15, -0.1) is 22.7 Å². The van der Waals surface area contributed by atoms with Crippen LogP contribution in [0.4, 0.5) is 0 Å². The lowest BCUT2D eigenvalue weighted by Crippen LogP contribution is -2.44. The van der Waals surface area contributed by atoms with Crippen molar-refractivity contribution in [2.24, 2.45) is 4.99 Å². The average molecular weight is 767 g/mol. The van der Waals surface area contributed by atoms with Crippen LogP contribution < -0.4 is 10.6 Å². The highest BCUT2D eigenvalue weighted by molar-refractivity contribution is 7.26. The number of nitrogens with zero attached hydrogens (tertiary/aromatic N) is 2. The third kappa shape index (κ3) is 5.19. The molecule has 4 heterocycles. The fourth-order valence-electron chi connectivity index (χ4n) is 8.95. The molecule has 12 rings (SSSR count). The molecule has 2 atom stereocenters. The molecule has 1 aliphatic heterocycles. The van der Waals surface area contributed by atoms with E-state index in [4.69, 9.17) is 4.99 Å². The van der Waals surface area contributed by atoms with Gasteiger partial charge < -0.3 is 9.88 Å². The zero-order valence-corrected chi connectivity index (χ0v) is 32.3. The van der Waals surface area contributed by atoms with Gasteiger partial charge in [0.05, 0.1) is 16.7 Å². The molecule has 0 amide bonds. The average Bonchev–Trinajstić information content (AvgIpc) is 3.96. The number of para-hydroxylation sites is 2. The molecule has 0 radical (unpaired) electrons. The van der Waals surface area contributed by atoms with Crippen molar-refractivity contribution in [3.63, 3.8) is 0 Å². The van der Waals surface area contributed by atoms with Gasteiger partial charge in [0.15, 0.2) is 0 Å². The van der Waals surface area contributed by atoms with Gasteiger partial charge in [0.2, 0.25) is 0 Å². The molecule has 2 unspecified atom stereocenters. The number of benzene rings is 8. The Bertz CT molecular complexity index is 3320. The summed E-state index contributed by atoms with van der Waals surface area (Å²) in [5.74, 6) is 0.893. The second kappa shape index (κ2) is 13.0. The van der Waals surface area contributed by atoms with Crippen LogP contribution in [-0.4, -0.2) is 10.4 Å². The lowest BCUT2D eigenvalue weighted by atomic mass is 9.99. The van der Waals surface area contributed by atoms with Crippen molar-refractivity contribution in [1.29, 1.82) is 0 Å². The molecule has 0 fully saturated rings. The van der Waals surface area contributed by atoms with Crippen LogP contribution in [0.25, 0.3) is 79.0 Å². The van der Waals surface area contributed by atoms with Crippen molar-refractivity contribution in [1.82, 2.24) is 15.2 Å². The smallest absolute Gasteiger partial charge is 0.131 e. The summed E-state index contributed by atoms with van der Waals surface area (Å²) in [7, 11) is 0. The quantitative estimate of drug-likeness (QED) is 0.183. The molecule has 0 bridgehead atoms. The van der Waals surface area contributed by atoms with Crippen LogP contribution in [0.2, 0.25) is 0 Å². The van der Waals surface area contributed by atoms with Gasteiger partial charge in [-0.3, -0.25) is 5.32 Å². The van der Waals surface area contributed by atoms with E-state index < -0.39 is 0 Å². The lowest BCUT2D eigenvalue weighted by molar-refractivity contribution is 0.410. The molecule has 6 heteroatoms. The van der Waals surface area contributed by atoms with E-state index in [1.807, 2.05) is 22.7 Å². The Morgan fingerprint density at radius 3 is 1.95 bits per heavy atom. The molecule has 0 aliphatic carbocycles. The summed E-state index contributed by atoms with van der Waals surface area (Å²) < 4.78 is 7.61. The van der Waals surface area contributed by atoms with E-state index in [-0.39, 0.29) is 12.3 Å². The number of nitrogens with one attached hydrogen (secondary N) is 2. The zero-order valence-electron chi connectivity index (χ0n) is 30.7. The fourth-order valence-corrected chi connectivity index (χ4v) is 11.4. The summed E-state index contributed by atoms with van der Waals surface area (Å²) in [5.41, 5.74) is 9.63.